The molecule has 0 atom stereocenters. The molecule has 0 saturated heterocycles. The summed E-state index contributed by atoms with van der Waals surface area (Å²) in [5.74, 6) is 1.85. The van der Waals surface area contributed by atoms with Gasteiger partial charge in [0.25, 0.3) is 0 Å². The lowest BCUT2D eigenvalue weighted by Crippen LogP contribution is -2.28. The number of fused-ring (bicyclic) bond motifs is 8. The second-order valence-electron chi connectivity index (χ2n) is 15.3. The number of hydrogen-bond acceptors (Lipinski definition) is 5. The molecule has 0 spiro atoms. The van der Waals surface area contributed by atoms with Crippen molar-refractivity contribution in [3.8, 4) is 51.0 Å². The van der Waals surface area contributed by atoms with Crippen LogP contribution in [0.2, 0.25) is 0 Å². The van der Waals surface area contributed by atoms with Gasteiger partial charge in [0, 0.05) is 22.1 Å². The summed E-state index contributed by atoms with van der Waals surface area (Å²) >= 11 is 0. The highest BCUT2D eigenvalue weighted by Gasteiger charge is 2.46. The topological polar surface area (TPSA) is 69.4 Å². The van der Waals surface area contributed by atoms with Crippen molar-refractivity contribution in [3.05, 3.63) is 229 Å². The average molecular weight is 767 g/mol. The summed E-state index contributed by atoms with van der Waals surface area (Å²) in [6.07, 6.45) is 0. The molecule has 2 heterocycles. The fourth-order valence-electron chi connectivity index (χ4n) is 9.28. The van der Waals surface area contributed by atoms with Crippen LogP contribution in [0.15, 0.2) is 206 Å². The van der Waals surface area contributed by atoms with Gasteiger partial charge in [-0.1, -0.05) is 176 Å². The number of benzene rings is 9. The van der Waals surface area contributed by atoms with E-state index in [9.17, 15) is 0 Å². The molecule has 9 aromatic carbocycles. The average Bonchev–Trinajstić information content (AvgIpc) is 3.90. The maximum absolute atomic E-state index is 5.24. The summed E-state index contributed by atoms with van der Waals surface area (Å²) < 4.78 is 0. The minimum atomic E-state index is -0.483. The van der Waals surface area contributed by atoms with Crippen LogP contribution in [0.5, 0.6) is 0 Å². The molecule has 0 N–H and O–H groups in total. The van der Waals surface area contributed by atoms with Gasteiger partial charge in [0.1, 0.15) is 11.0 Å². The Balaban J connectivity index is 1.03. The highest BCUT2D eigenvalue weighted by atomic mass is 15.5. The van der Waals surface area contributed by atoms with E-state index >= 15 is 0 Å². The van der Waals surface area contributed by atoms with Gasteiger partial charge in [-0.25, -0.2) is 15.0 Å². The van der Waals surface area contributed by atoms with E-state index in [-0.39, 0.29) is 0 Å². The fourth-order valence-corrected chi connectivity index (χ4v) is 9.28. The highest BCUT2D eigenvalue weighted by molar-refractivity contribution is 6.18. The SMILES string of the molecule is c1ccc(-c2nc(-c3ccc4c(c3)-c3ccccc3C4(c3ccccc3)c3ccccc3)nc(-c3ccc4c(ccc5ccc6nn(-c7ccccc7)nc6c54)c3)n2)cc1. The Bertz CT molecular complexity index is 3380. The number of rotatable bonds is 6. The normalized spacial score (nSPS) is 12.8. The lowest BCUT2D eigenvalue weighted by molar-refractivity contribution is 0.766. The van der Waals surface area contributed by atoms with E-state index in [1.807, 2.05) is 54.6 Å². The second-order valence-corrected chi connectivity index (χ2v) is 15.3. The molecule has 2 aromatic heterocycles. The molecule has 280 valence electrons. The van der Waals surface area contributed by atoms with Crippen molar-refractivity contribution in [1.82, 2.24) is 29.9 Å². The van der Waals surface area contributed by atoms with Gasteiger partial charge in [-0.3, -0.25) is 0 Å². The molecule has 60 heavy (non-hydrogen) atoms. The van der Waals surface area contributed by atoms with Gasteiger partial charge in [-0.05, 0) is 79.9 Å². The van der Waals surface area contributed by atoms with Crippen LogP contribution < -0.4 is 0 Å². The Hall–Kier alpha value is -8.09. The van der Waals surface area contributed by atoms with Crippen LogP contribution in [0, 0.1) is 0 Å². The predicted molar refractivity (Wildman–Crippen MR) is 241 cm³/mol. The third-order valence-electron chi connectivity index (χ3n) is 12.0. The number of hydrogen-bond donors (Lipinski definition) is 0. The van der Waals surface area contributed by atoms with Crippen molar-refractivity contribution in [2.45, 2.75) is 5.41 Å². The Morgan fingerprint density at radius 3 is 1.65 bits per heavy atom. The zero-order chi connectivity index (χ0) is 39.6. The van der Waals surface area contributed by atoms with Crippen molar-refractivity contribution in [3.63, 3.8) is 0 Å². The molecular weight excluding hydrogens is 733 g/mol. The molecule has 0 unspecified atom stereocenters. The zero-order valence-corrected chi connectivity index (χ0v) is 32.3. The largest absolute Gasteiger partial charge is 0.208 e. The van der Waals surface area contributed by atoms with Crippen molar-refractivity contribution >= 4 is 32.6 Å². The first-order valence-corrected chi connectivity index (χ1v) is 20.2. The molecule has 1 aliphatic rings. The van der Waals surface area contributed by atoms with Crippen LogP contribution in [0.1, 0.15) is 22.3 Å². The van der Waals surface area contributed by atoms with Crippen molar-refractivity contribution < 1.29 is 0 Å². The van der Waals surface area contributed by atoms with Crippen LogP contribution >= 0.6 is 0 Å². The summed E-state index contributed by atoms with van der Waals surface area (Å²) in [7, 11) is 0. The van der Waals surface area contributed by atoms with Crippen molar-refractivity contribution in [2.75, 3.05) is 0 Å². The third kappa shape index (κ3) is 5.24. The molecule has 11 aromatic rings. The second kappa shape index (κ2) is 13.5. The zero-order valence-electron chi connectivity index (χ0n) is 32.3. The summed E-state index contributed by atoms with van der Waals surface area (Å²) in [6.45, 7) is 0. The van der Waals surface area contributed by atoms with Gasteiger partial charge in [-0.15, -0.1) is 10.2 Å². The van der Waals surface area contributed by atoms with E-state index in [1.54, 1.807) is 4.80 Å². The first-order valence-electron chi connectivity index (χ1n) is 20.2. The molecule has 1 aliphatic carbocycles. The standard InChI is InChI=1S/C54H34N6/c1-5-15-36(16-6-1)51-55-52(38-27-30-43-37(33-38)26-25-35-29-32-48-50(49(35)43)59-60(58-48)42-21-11-4-12-22-42)57-53(56-51)39-28-31-47-45(34-39)44-23-13-14-24-46(44)54(47,40-17-7-2-8-18-40)41-19-9-3-10-20-41/h1-34H. The van der Waals surface area contributed by atoms with E-state index in [4.69, 9.17) is 25.1 Å². The lowest BCUT2D eigenvalue weighted by atomic mass is 9.67. The predicted octanol–water partition coefficient (Wildman–Crippen LogP) is 12.3. The van der Waals surface area contributed by atoms with Crippen LogP contribution in [0.3, 0.4) is 0 Å². The summed E-state index contributed by atoms with van der Waals surface area (Å²) in [5, 5.41) is 14.2. The van der Waals surface area contributed by atoms with Crippen molar-refractivity contribution in [1.29, 1.82) is 0 Å². The first-order chi connectivity index (χ1) is 29.7. The lowest BCUT2D eigenvalue weighted by Gasteiger charge is -2.33. The van der Waals surface area contributed by atoms with Crippen molar-refractivity contribution in [2.24, 2.45) is 0 Å². The monoisotopic (exact) mass is 766 g/mol. The smallest absolute Gasteiger partial charge is 0.164 e. The molecule has 12 rings (SSSR count). The molecular formula is C54H34N6. The molecule has 0 bridgehead atoms. The van der Waals surface area contributed by atoms with E-state index in [1.165, 1.54) is 33.4 Å². The molecule has 0 saturated carbocycles. The third-order valence-corrected chi connectivity index (χ3v) is 12.0. The van der Waals surface area contributed by atoms with Crippen LogP contribution in [-0.2, 0) is 5.41 Å². The maximum Gasteiger partial charge on any atom is 0.164 e. The number of nitrogens with zero attached hydrogens (tertiary/aromatic N) is 6. The highest BCUT2D eigenvalue weighted by Crippen LogP contribution is 2.56. The van der Waals surface area contributed by atoms with Gasteiger partial charge in [0.15, 0.2) is 17.5 Å². The van der Waals surface area contributed by atoms with Crippen LogP contribution in [-0.4, -0.2) is 29.9 Å². The van der Waals surface area contributed by atoms with E-state index in [0.717, 1.165) is 55.0 Å². The number of para-hydroxylation sites is 1. The van der Waals surface area contributed by atoms with Gasteiger partial charge in [0.05, 0.1) is 11.1 Å². The van der Waals surface area contributed by atoms with Gasteiger partial charge < -0.3 is 0 Å². The van der Waals surface area contributed by atoms with Gasteiger partial charge >= 0.3 is 0 Å². The number of aromatic nitrogens is 6. The quantitative estimate of drug-likeness (QED) is 0.158. The Morgan fingerprint density at radius 2 is 0.933 bits per heavy atom. The molecule has 0 amide bonds. The van der Waals surface area contributed by atoms with E-state index in [2.05, 4.69) is 152 Å². The van der Waals surface area contributed by atoms with E-state index < -0.39 is 5.41 Å². The summed E-state index contributed by atoms with van der Waals surface area (Å²) in [5.41, 5.74) is 12.3. The minimum Gasteiger partial charge on any atom is -0.208 e. The van der Waals surface area contributed by atoms with E-state index in [0.29, 0.717) is 17.5 Å². The Kier molecular flexibility index (Phi) is 7.65. The maximum atomic E-state index is 5.24. The molecule has 0 fully saturated rings. The molecule has 0 aliphatic heterocycles. The van der Waals surface area contributed by atoms with Gasteiger partial charge in [0.2, 0.25) is 0 Å². The van der Waals surface area contributed by atoms with Gasteiger partial charge in [-0.2, -0.15) is 4.80 Å². The van der Waals surface area contributed by atoms with Crippen LogP contribution in [0.25, 0.3) is 83.6 Å². The Morgan fingerprint density at radius 1 is 0.383 bits per heavy atom. The summed E-state index contributed by atoms with van der Waals surface area (Å²) in [4.78, 5) is 17.2. The minimum absolute atomic E-state index is 0.483. The Labute approximate surface area is 346 Å². The molecule has 6 heteroatoms. The first kappa shape index (κ1) is 34.0. The molecule has 6 nitrogen and oxygen atoms in total. The summed E-state index contributed by atoms with van der Waals surface area (Å²) in [6, 6.07) is 72.4. The fraction of sp³-hybridized carbons (Fsp3) is 0.0185. The molecule has 0 radical (unpaired) electrons. The van der Waals surface area contributed by atoms with Crippen LogP contribution in [0.4, 0.5) is 0 Å².